The number of hydrogen-bond donors (Lipinski definition) is 3. The molecule has 1 aromatic carbocycles. The van der Waals surface area contributed by atoms with Crippen molar-refractivity contribution in [3.8, 4) is 0 Å². The predicted molar refractivity (Wildman–Crippen MR) is 54.2 cm³/mol. The maximum Gasteiger partial charge on any atom is 0.336 e. The third-order valence-corrected chi connectivity index (χ3v) is 1.88. The van der Waals surface area contributed by atoms with Crippen molar-refractivity contribution < 1.29 is 9.90 Å². The van der Waals surface area contributed by atoms with Crippen LogP contribution in [-0.2, 0) is 6.54 Å². The van der Waals surface area contributed by atoms with E-state index in [-0.39, 0.29) is 0 Å². The molecule has 0 atom stereocenters. The second-order valence-electron chi connectivity index (χ2n) is 2.93. The SMILES string of the molecule is NCCNCc1ccccc1C(=O)O. The first-order valence-corrected chi connectivity index (χ1v) is 4.47. The fraction of sp³-hybridized carbons (Fsp3) is 0.300. The fourth-order valence-electron chi connectivity index (χ4n) is 1.21. The van der Waals surface area contributed by atoms with E-state index in [1.54, 1.807) is 18.2 Å². The summed E-state index contributed by atoms with van der Waals surface area (Å²) >= 11 is 0. The van der Waals surface area contributed by atoms with E-state index in [9.17, 15) is 4.79 Å². The third kappa shape index (κ3) is 2.83. The highest BCUT2D eigenvalue weighted by Crippen LogP contribution is 2.07. The first kappa shape index (κ1) is 10.7. The monoisotopic (exact) mass is 194 g/mol. The lowest BCUT2D eigenvalue weighted by Crippen LogP contribution is -2.22. The summed E-state index contributed by atoms with van der Waals surface area (Å²) in [7, 11) is 0. The third-order valence-electron chi connectivity index (χ3n) is 1.88. The molecule has 1 rings (SSSR count). The van der Waals surface area contributed by atoms with Gasteiger partial charge in [0.1, 0.15) is 0 Å². The fourth-order valence-corrected chi connectivity index (χ4v) is 1.21. The van der Waals surface area contributed by atoms with Gasteiger partial charge in [-0.3, -0.25) is 0 Å². The lowest BCUT2D eigenvalue weighted by atomic mass is 10.1. The molecule has 0 radical (unpaired) electrons. The van der Waals surface area contributed by atoms with Crippen molar-refractivity contribution in [2.75, 3.05) is 13.1 Å². The lowest BCUT2D eigenvalue weighted by molar-refractivity contribution is 0.0695. The number of carboxylic acids is 1. The van der Waals surface area contributed by atoms with E-state index in [2.05, 4.69) is 5.32 Å². The van der Waals surface area contributed by atoms with Gasteiger partial charge in [0, 0.05) is 19.6 Å². The normalized spacial score (nSPS) is 10.1. The largest absolute Gasteiger partial charge is 0.478 e. The van der Waals surface area contributed by atoms with E-state index in [1.165, 1.54) is 0 Å². The molecule has 0 unspecified atom stereocenters. The molecule has 0 aliphatic heterocycles. The molecule has 0 saturated carbocycles. The number of benzene rings is 1. The van der Waals surface area contributed by atoms with Crippen LogP contribution in [0.3, 0.4) is 0 Å². The Balaban J connectivity index is 2.69. The summed E-state index contributed by atoms with van der Waals surface area (Å²) in [5, 5.41) is 11.9. The maximum atomic E-state index is 10.8. The van der Waals surface area contributed by atoms with Gasteiger partial charge < -0.3 is 16.2 Å². The van der Waals surface area contributed by atoms with Crippen LogP contribution >= 0.6 is 0 Å². The summed E-state index contributed by atoms with van der Waals surface area (Å²) in [5.41, 5.74) is 6.44. The Morgan fingerprint density at radius 1 is 1.43 bits per heavy atom. The minimum absolute atomic E-state index is 0.344. The number of aromatic carboxylic acids is 1. The Morgan fingerprint density at radius 3 is 2.79 bits per heavy atom. The smallest absolute Gasteiger partial charge is 0.336 e. The standard InChI is InChI=1S/C10H14N2O2/c11-5-6-12-7-8-3-1-2-4-9(8)10(13)14/h1-4,12H,5-7,11H2,(H,13,14). The summed E-state index contributed by atoms with van der Waals surface area (Å²) in [6, 6.07) is 6.94. The molecule has 76 valence electrons. The van der Waals surface area contributed by atoms with Crippen LogP contribution in [0.1, 0.15) is 15.9 Å². The van der Waals surface area contributed by atoms with Crippen molar-refractivity contribution >= 4 is 5.97 Å². The number of nitrogens with two attached hydrogens (primary N) is 1. The first-order valence-electron chi connectivity index (χ1n) is 4.47. The van der Waals surface area contributed by atoms with Gasteiger partial charge in [0.25, 0.3) is 0 Å². The average molecular weight is 194 g/mol. The Kier molecular flexibility index (Phi) is 4.10. The highest BCUT2D eigenvalue weighted by atomic mass is 16.4. The summed E-state index contributed by atoms with van der Waals surface area (Å²) < 4.78 is 0. The highest BCUT2D eigenvalue weighted by Gasteiger charge is 2.07. The van der Waals surface area contributed by atoms with Crippen LogP contribution in [0, 0.1) is 0 Å². The van der Waals surface area contributed by atoms with Crippen LogP contribution in [0.25, 0.3) is 0 Å². The topological polar surface area (TPSA) is 75.3 Å². The molecule has 0 aliphatic carbocycles. The van der Waals surface area contributed by atoms with E-state index in [0.717, 1.165) is 5.56 Å². The summed E-state index contributed by atoms with van der Waals surface area (Å²) in [4.78, 5) is 10.8. The quantitative estimate of drug-likeness (QED) is 0.594. The van der Waals surface area contributed by atoms with Crippen LogP contribution in [0.5, 0.6) is 0 Å². The van der Waals surface area contributed by atoms with E-state index >= 15 is 0 Å². The molecular weight excluding hydrogens is 180 g/mol. The molecule has 0 fully saturated rings. The van der Waals surface area contributed by atoms with Crippen LogP contribution in [0.15, 0.2) is 24.3 Å². The van der Waals surface area contributed by atoms with Gasteiger partial charge in [-0.25, -0.2) is 4.79 Å². The van der Waals surface area contributed by atoms with E-state index in [1.807, 2.05) is 6.07 Å². The zero-order chi connectivity index (χ0) is 10.4. The van der Waals surface area contributed by atoms with Crippen LogP contribution in [0.2, 0.25) is 0 Å². The van der Waals surface area contributed by atoms with Gasteiger partial charge in [0.05, 0.1) is 5.56 Å². The van der Waals surface area contributed by atoms with Crippen molar-refractivity contribution in [2.24, 2.45) is 5.73 Å². The molecular formula is C10H14N2O2. The van der Waals surface area contributed by atoms with Crippen molar-refractivity contribution in [3.05, 3.63) is 35.4 Å². The van der Waals surface area contributed by atoms with E-state index < -0.39 is 5.97 Å². The van der Waals surface area contributed by atoms with Crippen LogP contribution < -0.4 is 11.1 Å². The van der Waals surface area contributed by atoms with Gasteiger partial charge in [-0.2, -0.15) is 0 Å². The Bertz CT molecular complexity index is 313. The van der Waals surface area contributed by atoms with Crippen molar-refractivity contribution in [1.29, 1.82) is 0 Å². The molecule has 1 aromatic rings. The van der Waals surface area contributed by atoms with Crippen molar-refractivity contribution in [2.45, 2.75) is 6.54 Å². The summed E-state index contributed by atoms with van der Waals surface area (Å²) in [6.07, 6.45) is 0. The number of hydrogen-bond acceptors (Lipinski definition) is 3. The number of rotatable bonds is 5. The van der Waals surface area contributed by atoms with E-state index in [4.69, 9.17) is 10.8 Å². The Morgan fingerprint density at radius 2 is 2.14 bits per heavy atom. The van der Waals surface area contributed by atoms with E-state index in [0.29, 0.717) is 25.2 Å². The molecule has 0 spiro atoms. The second kappa shape index (κ2) is 5.36. The summed E-state index contributed by atoms with van der Waals surface area (Å²) in [6.45, 7) is 1.78. The summed E-state index contributed by atoms with van der Waals surface area (Å²) in [5.74, 6) is -0.893. The predicted octanol–water partition coefficient (Wildman–Crippen LogP) is 0.433. The lowest BCUT2D eigenvalue weighted by Gasteiger charge is -2.06. The molecule has 0 saturated heterocycles. The van der Waals surface area contributed by atoms with Crippen LogP contribution in [0.4, 0.5) is 0 Å². The Hall–Kier alpha value is -1.39. The van der Waals surface area contributed by atoms with Gasteiger partial charge >= 0.3 is 5.97 Å². The van der Waals surface area contributed by atoms with Gasteiger partial charge in [-0.15, -0.1) is 0 Å². The maximum absolute atomic E-state index is 10.8. The van der Waals surface area contributed by atoms with Crippen molar-refractivity contribution in [1.82, 2.24) is 5.32 Å². The highest BCUT2D eigenvalue weighted by molar-refractivity contribution is 5.89. The molecule has 4 N–H and O–H groups in total. The van der Waals surface area contributed by atoms with Crippen molar-refractivity contribution in [3.63, 3.8) is 0 Å². The zero-order valence-corrected chi connectivity index (χ0v) is 7.86. The Labute approximate surface area is 82.7 Å². The molecule has 0 aliphatic rings. The average Bonchev–Trinajstić information content (AvgIpc) is 2.19. The van der Waals surface area contributed by atoms with Crippen LogP contribution in [-0.4, -0.2) is 24.2 Å². The molecule has 0 amide bonds. The molecule has 14 heavy (non-hydrogen) atoms. The molecule has 0 bridgehead atoms. The first-order chi connectivity index (χ1) is 6.75. The van der Waals surface area contributed by atoms with Gasteiger partial charge in [0.15, 0.2) is 0 Å². The second-order valence-corrected chi connectivity index (χ2v) is 2.93. The molecule has 4 heteroatoms. The minimum Gasteiger partial charge on any atom is -0.478 e. The zero-order valence-electron chi connectivity index (χ0n) is 7.86. The number of nitrogens with one attached hydrogen (secondary N) is 1. The van der Waals surface area contributed by atoms with Gasteiger partial charge in [-0.05, 0) is 11.6 Å². The number of carbonyl (C=O) groups is 1. The van der Waals surface area contributed by atoms with Gasteiger partial charge in [-0.1, -0.05) is 18.2 Å². The molecule has 4 nitrogen and oxygen atoms in total. The minimum atomic E-state index is -0.893. The number of carboxylic acid groups (broad SMARTS) is 1. The molecule has 0 aromatic heterocycles. The molecule has 0 heterocycles. The van der Waals surface area contributed by atoms with Gasteiger partial charge in [0.2, 0.25) is 0 Å².